The number of hydrogen-bond acceptors (Lipinski definition) is 3. The van der Waals surface area contributed by atoms with Crippen LogP contribution in [0.2, 0.25) is 0 Å². The van der Waals surface area contributed by atoms with Crippen LogP contribution < -0.4 is 5.32 Å². The lowest BCUT2D eigenvalue weighted by molar-refractivity contribution is -0.130. The van der Waals surface area contributed by atoms with Crippen molar-refractivity contribution in [2.24, 2.45) is 0 Å². The molecule has 0 spiro atoms. The lowest BCUT2D eigenvalue weighted by atomic mass is 9.92. The Morgan fingerprint density at radius 3 is 2.28 bits per heavy atom. The lowest BCUT2D eigenvalue weighted by Crippen LogP contribution is -2.41. The first kappa shape index (κ1) is 16.9. The summed E-state index contributed by atoms with van der Waals surface area (Å²) in [5.41, 5.74) is 1.16. The van der Waals surface area contributed by atoms with E-state index in [0.29, 0.717) is 11.1 Å². The third-order valence-corrected chi connectivity index (χ3v) is 4.61. The molecule has 2 aromatic rings. The maximum Gasteiger partial charge on any atom is 0.325 e. The minimum absolute atomic E-state index is 0.261. The summed E-state index contributed by atoms with van der Waals surface area (Å²) in [6.45, 7) is 3.43. The van der Waals surface area contributed by atoms with Crippen molar-refractivity contribution < 1.29 is 14.4 Å². The number of carbonyl (C=O) groups is 3. The van der Waals surface area contributed by atoms with Crippen LogP contribution in [0.5, 0.6) is 0 Å². The third kappa shape index (κ3) is 3.05. The number of amides is 3. The molecule has 5 heteroatoms. The summed E-state index contributed by atoms with van der Waals surface area (Å²) in [5, 5.41) is 2.71. The van der Waals surface area contributed by atoms with Gasteiger partial charge in [0.2, 0.25) is 0 Å². The van der Waals surface area contributed by atoms with Crippen molar-refractivity contribution in [2.45, 2.75) is 25.8 Å². The quantitative estimate of drug-likeness (QED) is 0.674. The molecule has 2 aromatic carbocycles. The molecule has 0 radical (unpaired) electrons. The zero-order valence-corrected chi connectivity index (χ0v) is 14.3. The van der Waals surface area contributed by atoms with Crippen LogP contribution in [-0.2, 0) is 16.8 Å². The molecular weight excluding hydrogens is 316 g/mol. The molecule has 1 fully saturated rings. The van der Waals surface area contributed by atoms with Crippen molar-refractivity contribution in [1.29, 1.82) is 0 Å². The van der Waals surface area contributed by atoms with Crippen LogP contribution in [0, 0.1) is 0 Å². The van der Waals surface area contributed by atoms with E-state index in [4.69, 9.17) is 0 Å². The normalized spacial score (nSPS) is 19.8. The standard InChI is InChI=1S/C20H20N2O3/c1-3-14-9-11-15(12-10-14)17(23)13-22-18(24)20(2,21-19(22)25)16-7-5-4-6-8-16/h4-12H,3,13H2,1-2H3,(H,21,25). The van der Waals surface area contributed by atoms with Gasteiger partial charge in [-0.25, -0.2) is 4.79 Å². The second-order valence-corrected chi connectivity index (χ2v) is 6.29. The molecule has 128 valence electrons. The fourth-order valence-electron chi connectivity index (χ4n) is 2.97. The van der Waals surface area contributed by atoms with Crippen LogP contribution in [-0.4, -0.2) is 29.2 Å². The van der Waals surface area contributed by atoms with E-state index in [2.05, 4.69) is 5.32 Å². The van der Waals surface area contributed by atoms with E-state index in [1.807, 2.05) is 37.3 Å². The minimum Gasteiger partial charge on any atom is -0.319 e. The van der Waals surface area contributed by atoms with Gasteiger partial charge in [-0.05, 0) is 24.5 Å². The van der Waals surface area contributed by atoms with Crippen molar-refractivity contribution in [1.82, 2.24) is 10.2 Å². The summed E-state index contributed by atoms with van der Waals surface area (Å²) in [7, 11) is 0. The molecule has 25 heavy (non-hydrogen) atoms. The van der Waals surface area contributed by atoms with Crippen LogP contribution in [0.4, 0.5) is 4.79 Å². The Balaban J connectivity index is 1.80. The van der Waals surface area contributed by atoms with Crippen molar-refractivity contribution in [3.63, 3.8) is 0 Å². The third-order valence-electron chi connectivity index (χ3n) is 4.61. The van der Waals surface area contributed by atoms with E-state index < -0.39 is 17.5 Å². The highest BCUT2D eigenvalue weighted by Gasteiger charge is 2.49. The fraction of sp³-hybridized carbons (Fsp3) is 0.250. The molecule has 1 N–H and O–H groups in total. The van der Waals surface area contributed by atoms with Gasteiger partial charge in [-0.3, -0.25) is 14.5 Å². The minimum atomic E-state index is -1.15. The summed E-state index contributed by atoms with van der Waals surface area (Å²) in [5.74, 6) is -0.675. The number of rotatable bonds is 5. The van der Waals surface area contributed by atoms with Crippen LogP contribution >= 0.6 is 0 Å². The highest BCUT2D eigenvalue weighted by atomic mass is 16.2. The number of benzene rings is 2. The zero-order valence-electron chi connectivity index (χ0n) is 14.3. The van der Waals surface area contributed by atoms with E-state index in [-0.39, 0.29) is 12.3 Å². The lowest BCUT2D eigenvalue weighted by Gasteiger charge is -2.22. The number of nitrogens with one attached hydrogen (secondary N) is 1. The zero-order chi connectivity index (χ0) is 18.0. The number of hydrogen-bond donors (Lipinski definition) is 1. The molecule has 1 aliphatic heterocycles. The van der Waals surface area contributed by atoms with Gasteiger partial charge in [-0.15, -0.1) is 0 Å². The van der Waals surface area contributed by atoms with Gasteiger partial charge in [0, 0.05) is 5.56 Å². The van der Waals surface area contributed by atoms with E-state index in [1.54, 1.807) is 31.2 Å². The summed E-state index contributed by atoms with van der Waals surface area (Å²) in [4.78, 5) is 38.5. The van der Waals surface area contributed by atoms with Crippen molar-refractivity contribution in [2.75, 3.05) is 6.54 Å². The topological polar surface area (TPSA) is 66.5 Å². The summed E-state index contributed by atoms with van der Waals surface area (Å²) < 4.78 is 0. The van der Waals surface area contributed by atoms with Crippen LogP contribution in [0.25, 0.3) is 0 Å². The van der Waals surface area contributed by atoms with E-state index >= 15 is 0 Å². The maximum atomic E-state index is 12.8. The van der Waals surface area contributed by atoms with Gasteiger partial charge < -0.3 is 5.32 Å². The highest BCUT2D eigenvalue weighted by Crippen LogP contribution is 2.28. The molecule has 1 atom stereocenters. The molecule has 1 heterocycles. The molecule has 0 bridgehead atoms. The first-order chi connectivity index (χ1) is 12.0. The maximum absolute atomic E-state index is 12.8. The average Bonchev–Trinajstić information content (AvgIpc) is 2.86. The van der Waals surface area contributed by atoms with Gasteiger partial charge in [0.25, 0.3) is 5.91 Å². The molecule has 3 rings (SSSR count). The van der Waals surface area contributed by atoms with Crippen molar-refractivity contribution in [3.8, 4) is 0 Å². The molecule has 0 aromatic heterocycles. The average molecular weight is 336 g/mol. The number of carbonyl (C=O) groups excluding carboxylic acids is 3. The van der Waals surface area contributed by atoms with Crippen molar-refractivity contribution >= 4 is 17.7 Å². The molecule has 3 amide bonds. The predicted octanol–water partition coefficient (Wildman–Crippen LogP) is 2.90. The largest absolute Gasteiger partial charge is 0.325 e. The Hall–Kier alpha value is -2.95. The van der Waals surface area contributed by atoms with E-state index in [9.17, 15) is 14.4 Å². The van der Waals surface area contributed by atoms with Gasteiger partial charge in [0.1, 0.15) is 5.54 Å². The Morgan fingerprint density at radius 1 is 1.04 bits per heavy atom. The number of urea groups is 1. The number of nitrogens with zero attached hydrogens (tertiary/aromatic N) is 1. The van der Waals surface area contributed by atoms with Gasteiger partial charge in [0.05, 0.1) is 6.54 Å². The predicted molar refractivity (Wildman–Crippen MR) is 94.2 cm³/mol. The second-order valence-electron chi connectivity index (χ2n) is 6.29. The fourth-order valence-corrected chi connectivity index (χ4v) is 2.97. The smallest absolute Gasteiger partial charge is 0.319 e. The van der Waals surface area contributed by atoms with Crippen molar-refractivity contribution in [3.05, 3.63) is 71.3 Å². The number of ketones is 1. The first-order valence-corrected chi connectivity index (χ1v) is 8.27. The molecule has 5 nitrogen and oxygen atoms in total. The Kier molecular flexibility index (Phi) is 4.40. The first-order valence-electron chi connectivity index (χ1n) is 8.27. The Bertz CT molecular complexity index is 815. The van der Waals surface area contributed by atoms with Crippen LogP contribution in [0.3, 0.4) is 0 Å². The monoisotopic (exact) mass is 336 g/mol. The summed E-state index contributed by atoms with van der Waals surface area (Å²) in [6.07, 6.45) is 0.886. The molecule has 0 aliphatic carbocycles. The molecule has 0 saturated carbocycles. The summed E-state index contributed by atoms with van der Waals surface area (Å²) >= 11 is 0. The summed E-state index contributed by atoms with van der Waals surface area (Å²) in [6, 6.07) is 15.7. The Labute approximate surface area is 146 Å². The molecule has 1 saturated heterocycles. The van der Waals surface area contributed by atoms with Gasteiger partial charge in [0.15, 0.2) is 5.78 Å². The number of imide groups is 1. The van der Waals surface area contributed by atoms with Gasteiger partial charge in [-0.2, -0.15) is 0 Å². The second kappa shape index (κ2) is 6.51. The Morgan fingerprint density at radius 2 is 1.68 bits per heavy atom. The number of Topliss-reactive ketones (excluding diaryl/α,β-unsaturated/α-hetero) is 1. The number of aryl methyl sites for hydroxylation is 1. The van der Waals surface area contributed by atoms with Gasteiger partial charge in [-0.1, -0.05) is 61.5 Å². The molecular formula is C20H20N2O3. The van der Waals surface area contributed by atoms with Crippen LogP contribution in [0.15, 0.2) is 54.6 Å². The molecule has 1 unspecified atom stereocenters. The van der Waals surface area contributed by atoms with E-state index in [1.165, 1.54) is 0 Å². The van der Waals surface area contributed by atoms with Crippen LogP contribution in [0.1, 0.15) is 35.3 Å². The van der Waals surface area contributed by atoms with E-state index in [0.717, 1.165) is 16.9 Å². The molecule has 1 aliphatic rings. The SMILES string of the molecule is CCc1ccc(C(=O)CN2C(=O)NC(C)(c3ccccc3)C2=O)cc1. The highest BCUT2D eigenvalue weighted by molar-refractivity contribution is 6.11. The van der Waals surface area contributed by atoms with Gasteiger partial charge >= 0.3 is 6.03 Å².